The molecule has 0 saturated heterocycles. The molecular weight excluding hydrogens is 170 g/mol. The molecule has 0 aliphatic heterocycles. The molecule has 0 aromatic rings. The zero-order chi connectivity index (χ0) is 9.72. The molecule has 0 rings (SSSR count). The molecule has 0 aliphatic carbocycles. The molecular formula is C7H12F2O3. The fourth-order valence-corrected chi connectivity index (χ4v) is 0.406. The molecule has 0 spiro atoms. The first-order chi connectivity index (χ1) is 5.43. The number of hydrogen-bond acceptors (Lipinski definition) is 3. The molecule has 3 nitrogen and oxygen atoms in total. The van der Waals surface area contributed by atoms with E-state index in [0.29, 0.717) is 0 Å². The van der Waals surface area contributed by atoms with Gasteiger partial charge in [0, 0.05) is 6.92 Å². The topological polar surface area (TPSA) is 35.5 Å². The molecule has 0 aromatic carbocycles. The lowest BCUT2D eigenvalue weighted by Crippen LogP contribution is -2.24. The molecule has 0 aliphatic rings. The van der Waals surface area contributed by atoms with E-state index in [1.54, 1.807) is 0 Å². The van der Waals surface area contributed by atoms with Crippen molar-refractivity contribution in [2.24, 2.45) is 0 Å². The molecule has 72 valence electrons. The number of carbonyl (C=O) groups is 1. The second kappa shape index (κ2) is 4.90. The summed E-state index contributed by atoms with van der Waals surface area (Å²) < 4.78 is 32.7. The van der Waals surface area contributed by atoms with Crippen molar-refractivity contribution in [1.29, 1.82) is 0 Å². The van der Waals surface area contributed by atoms with Crippen molar-refractivity contribution in [2.45, 2.75) is 39.4 Å². The minimum atomic E-state index is -1.74. The fourth-order valence-electron chi connectivity index (χ4n) is 0.406. The van der Waals surface area contributed by atoms with Crippen molar-refractivity contribution in [2.75, 3.05) is 0 Å². The smallest absolute Gasteiger partial charge is 0.428 e. The third-order valence-corrected chi connectivity index (χ3v) is 1.19. The molecule has 3 atom stereocenters. The monoisotopic (exact) mass is 182 g/mol. The van der Waals surface area contributed by atoms with Gasteiger partial charge in [-0.3, -0.25) is 0 Å². The Hall–Kier alpha value is -0.870. The fraction of sp³-hybridized carbons (Fsp3) is 0.857. The maximum Gasteiger partial charge on any atom is 0.511 e. The number of hydrogen-bond donors (Lipinski definition) is 0. The van der Waals surface area contributed by atoms with Gasteiger partial charge in [-0.1, -0.05) is 0 Å². The SMILES string of the molecule is CC(F)OC(=O)OC(C)C(C)F. The van der Waals surface area contributed by atoms with Crippen LogP contribution in [-0.4, -0.2) is 24.8 Å². The van der Waals surface area contributed by atoms with Crippen molar-refractivity contribution >= 4 is 6.16 Å². The number of halogens is 2. The van der Waals surface area contributed by atoms with Gasteiger partial charge in [-0.25, -0.2) is 13.6 Å². The van der Waals surface area contributed by atoms with Crippen LogP contribution in [0, 0.1) is 0 Å². The van der Waals surface area contributed by atoms with Crippen LogP contribution in [0.1, 0.15) is 20.8 Å². The van der Waals surface area contributed by atoms with Crippen molar-refractivity contribution in [3.8, 4) is 0 Å². The van der Waals surface area contributed by atoms with E-state index in [-0.39, 0.29) is 0 Å². The average molecular weight is 182 g/mol. The molecule has 12 heavy (non-hydrogen) atoms. The van der Waals surface area contributed by atoms with Gasteiger partial charge in [-0.2, -0.15) is 0 Å². The van der Waals surface area contributed by atoms with Crippen LogP contribution < -0.4 is 0 Å². The van der Waals surface area contributed by atoms with Gasteiger partial charge in [0.25, 0.3) is 0 Å². The van der Waals surface area contributed by atoms with E-state index in [2.05, 4.69) is 9.47 Å². The summed E-state index contributed by atoms with van der Waals surface area (Å²) >= 11 is 0. The largest absolute Gasteiger partial charge is 0.511 e. The average Bonchev–Trinajstić information content (AvgIpc) is 1.84. The molecule has 0 bridgehead atoms. The molecule has 0 radical (unpaired) electrons. The van der Waals surface area contributed by atoms with Crippen LogP contribution >= 0.6 is 0 Å². The molecule has 0 saturated carbocycles. The van der Waals surface area contributed by atoms with Crippen molar-refractivity contribution in [3.05, 3.63) is 0 Å². The number of ether oxygens (including phenoxy) is 2. The van der Waals surface area contributed by atoms with Gasteiger partial charge in [0.05, 0.1) is 0 Å². The Bertz CT molecular complexity index is 148. The summed E-state index contributed by atoms with van der Waals surface area (Å²) in [7, 11) is 0. The van der Waals surface area contributed by atoms with Gasteiger partial charge in [-0.15, -0.1) is 0 Å². The third kappa shape index (κ3) is 4.87. The summed E-state index contributed by atoms with van der Waals surface area (Å²) in [4.78, 5) is 10.5. The van der Waals surface area contributed by atoms with Gasteiger partial charge in [-0.05, 0) is 13.8 Å². The molecule has 5 heteroatoms. The van der Waals surface area contributed by atoms with Crippen LogP contribution in [0.15, 0.2) is 0 Å². The second-order valence-electron chi connectivity index (χ2n) is 2.41. The first-order valence-electron chi connectivity index (χ1n) is 3.59. The predicted molar refractivity (Wildman–Crippen MR) is 38.2 cm³/mol. The van der Waals surface area contributed by atoms with Gasteiger partial charge < -0.3 is 9.47 Å². The van der Waals surface area contributed by atoms with Gasteiger partial charge >= 0.3 is 6.16 Å². The summed E-state index contributed by atoms with van der Waals surface area (Å²) in [5.41, 5.74) is 0. The molecule has 0 aromatic heterocycles. The van der Waals surface area contributed by atoms with Crippen LogP contribution in [-0.2, 0) is 9.47 Å². The van der Waals surface area contributed by atoms with Crippen LogP contribution in [0.5, 0.6) is 0 Å². The first kappa shape index (κ1) is 11.1. The first-order valence-corrected chi connectivity index (χ1v) is 3.59. The number of rotatable bonds is 3. The standard InChI is InChI=1S/C7H12F2O3/c1-4(8)5(2)11-7(10)12-6(3)9/h4-6H,1-3H3. The van der Waals surface area contributed by atoms with E-state index in [0.717, 1.165) is 6.92 Å². The van der Waals surface area contributed by atoms with Crippen molar-refractivity contribution in [1.82, 2.24) is 0 Å². The quantitative estimate of drug-likeness (QED) is 0.627. The van der Waals surface area contributed by atoms with E-state index in [1.165, 1.54) is 13.8 Å². The highest BCUT2D eigenvalue weighted by Gasteiger charge is 2.18. The Morgan fingerprint density at radius 1 is 1.17 bits per heavy atom. The molecule has 3 unspecified atom stereocenters. The number of alkyl halides is 2. The summed E-state index contributed by atoms with van der Waals surface area (Å²) in [6, 6.07) is 0. The Kier molecular flexibility index (Phi) is 4.54. The maximum absolute atomic E-state index is 12.4. The van der Waals surface area contributed by atoms with E-state index in [4.69, 9.17) is 0 Å². The molecule has 0 amide bonds. The normalized spacial score (nSPS) is 17.8. The van der Waals surface area contributed by atoms with Crippen LogP contribution in [0.25, 0.3) is 0 Å². The van der Waals surface area contributed by atoms with Crippen LogP contribution in [0.3, 0.4) is 0 Å². The van der Waals surface area contributed by atoms with E-state index < -0.39 is 24.8 Å². The lowest BCUT2D eigenvalue weighted by molar-refractivity contribution is -0.0459. The summed E-state index contributed by atoms with van der Waals surface area (Å²) in [6.07, 6.45) is -5.15. The van der Waals surface area contributed by atoms with E-state index in [9.17, 15) is 13.6 Å². The Morgan fingerprint density at radius 3 is 2.00 bits per heavy atom. The van der Waals surface area contributed by atoms with Gasteiger partial charge in [0.1, 0.15) is 12.3 Å². The second-order valence-corrected chi connectivity index (χ2v) is 2.41. The minimum absolute atomic E-state index is 0.920. The van der Waals surface area contributed by atoms with Crippen LogP contribution in [0.4, 0.5) is 13.6 Å². The highest BCUT2D eigenvalue weighted by molar-refractivity contribution is 5.60. The van der Waals surface area contributed by atoms with Gasteiger partial charge in [0.15, 0.2) is 0 Å². The zero-order valence-corrected chi connectivity index (χ0v) is 7.21. The lowest BCUT2D eigenvalue weighted by atomic mass is 10.3. The van der Waals surface area contributed by atoms with E-state index in [1.807, 2.05) is 0 Å². The Morgan fingerprint density at radius 2 is 1.67 bits per heavy atom. The predicted octanol–water partition coefficient (Wildman–Crippen LogP) is 2.20. The summed E-state index contributed by atoms with van der Waals surface area (Å²) in [5.74, 6) is 0. The molecule has 0 fully saturated rings. The van der Waals surface area contributed by atoms with Crippen LogP contribution in [0.2, 0.25) is 0 Å². The highest BCUT2D eigenvalue weighted by atomic mass is 19.1. The Balaban J connectivity index is 3.69. The van der Waals surface area contributed by atoms with E-state index >= 15 is 0 Å². The Labute approximate surface area is 69.6 Å². The highest BCUT2D eigenvalue weighted by Crippen LogP contribution is 2.05. The lowest BCUT2D eigenvalue weighted by Gasteiger charge is -2.13. The minimum Gasteiger partial charge on any atom is -0.428 e. The number of carbonyl (C=O) groups excluding carboxylic acids is 1. The van der Waals surface area contributed by atoms with Gasteiger partial charge in [0.2, 0.25) is 6.36 Å². The zero-order valence-electron chi connectivity index (χ0n) is 7.21. The third-order valence-electron chi connectivity index (χ3n) is 1.19. The molecule has 0 heterocycles. The van der Waals surface area contributed by atoms with Crippen molar-refractivity contribution in [3.63, 3.8) is 0 Å². The van der Waals surface area contributed by atoms with Crippen molar-refractivity contribution < 1.29 is 23.0 Å². The maximum atomic E-state index is 12.4. The summed E-state index contributed by atoms with van der Waals surface area (Å²) in [5, 5.41) is 0. The summed E-state index contributed by atoms with van der Waals surface area (Å²) in [6.45, 7) is 3.62. The molecule has 0 N–H and O–H groups in total.